The Labute approximate surface area is 170 Å². The molecule has 2 aliphatic rings. The van der Waals surface area contributed by atoms with Gasteiger partial charge in [-0.15, -0.1) is 0 Å². The Hall–Kier alpha value is -2.38. The van der Waals surface area contributed by atoms with Crippen LogP contribution in [0.2, 0.25) is 5.02 Å². The summed E-state index contributed by atoms with van der Waals surface area (Å²) in [5.41, 5.74) is 1.08. The molecule has 3 heterocycles. The molecule has 1 aromatic heterocycles. The minimum atomic E-state index is 0.208. The van der Waals surface area contributed by atoms with E-state index in [0.29, 0.717) is 6.54 Å². The fourth-order valence-electron chi connectivity index (χ4n) is 3.76. The third-order valence-corrected chi connectivity index (χ3v) is 5.71. The van der Waals surface area contributed by atoms with Crippen LogP contribution in [0.1, 0.15) is 0 Å². The van der Waals surface area contributed by atoms with Crippen LogP contribution in [-0.2, 0) is 4.79 Å². The Morgan fingerprint density at radius 1 is 0.857 bits per heavy atom. The molecule has 0 saturated carbocycles. The Morgan fingerprint density at radius 3 is 2.18 bits per heavy atom. The number of nitrogens with zero attached hydrogens (tertiary/aromatic N) is 6. The fraction of sp³-hybridized carbons (Fsp3) is 0.450. The maximum Gasteiger partial charge on any atom is 0.236 e. The van der Waals surface area contributed by atoms with Crippen molar-refractivity contribution in [2.75, 3.05) is 68.7 Å². The highest BCUT2D eigenvalue weighted by Gasteiger charge is 2.25. The van der Waals surface area contributed by atoms with Gasteiger partial charge in [0.1, 0.15) is 0 Å². The zero-order valence-electron chi connectivity index (χ0n) is 15.9. The zero-order valence-corrected chi connectivity index (χ0v) is 16.6. The van der Waals surface area contributed by atoms with E-state index >= 15 is 0 Å². The third-order valence-electron chi connectivity index (χ3n) is 5.39. The average Bonchev–Trinajstić information content (AvgIpc) is 2.75. The largest absolute Gasteiger partial charge is 0.368 e. The van der Waals surface area contributed by atoms with E-state index in [-0.39, 0.29) is 5.91 Å². The molecule has 0 bridgehead atoms. The summed E-state index contributed by atoms with van der Waals surface area (Å²) in [5, 5.41) is 0.785. The van der Waals surface area contributed by atoms with Crippen LogP contribution in [0, 0.1) is 0 Å². The summed E-state index contributed by atoms with van der Waals surface area (Å²) >= 11 is 6.31. The standard InChI is InChI=1S/C20H25ClN6O/c21-17-4-1-2-5-18(17)25-10-8-24(9-11-25)16-19(28)26-12-14-27(15-13-26)20-22-6-3-7-23-20/h1-7H,8-16H2. The van der Waals surface area contributed by atoms with Crippen molar-refractivity contribution < 1.29 is 4.79 Å². The minimum absolute atomic E-state index is 0.208. The van der Waals surface area contributed by atoms with Crippen LogP contribution in [0.25, 0.3) is 0 Å². The van der Waals surface area contributed by atoms with Gasteiger partial charge in [-0.05, 0) is 18.2 Å². The van der Waals surface area contributed by atoms with Gasteiger partial charge in [0, 0.05) is 64.8 Å². The molecule has 7 nitrogen and oxygen atoms in total. The van der Waals surface area contributed by atoms with Gasteiger partial charge in [0.05, 0.1) is 17.3 Å². The number of anilines is 2. The first-order valence-electron chi connectivity index (χ1n) is 9.72. The molecular weight excluding hydrogens is 376 g/mol. The number of benzene rings is 1. The molecular formula is C20H25ClN6O. The molecule has 0 unspecified atom stereocenters. The van der Waals surface area contributed by atoms with Gasteiger partial charge in [-0.25, -0.2) is 9.97 Å². The lowest BCUT2D eigenvalue weighted by Crippen LogP contribution is -2.54. The van der Waals surface area contributed by atoms with Crippen LogP contribution in [0.3, 0.4) is 0 Å². The number of halogens is 1. The zero-order chi connectivity index (χ0) is 19.3. The van der Waals surface area contributed by atoms with Crippen molar-refractivity contribution in [2.24, 2.45) is 0 Å². The molecule has 8 heteroatoms. The summed E-state index contributed by atoms with van der Waals surface area (Å²) < 4.78 is 0. The molecule has 0 atom stereocenters. The van der Waals surface area contributed by atoms with Crippen molar-refractivity contribution in [3.63, 3.8) is 0 Å². The van der Waals surface area contributed by atoms with Gasteiger partial charge >= 0.3 is 0 Å². The maximum absolute atomic E-state index is 12.7. The topological polar surface area (TPSA) is 55.8 Å². The molecule has 1 aromatic carbocycles. The number of carbonyl (C=O) groups excluding carboxylic acids is 1. The van der Waals surface area contributed by atoms with E-state index in [4.69, 9.17) is 11.6 Å². The van der Waals surface area contributed by atoms with Crippen LogP contribution in [0.15, 0.2) is 42.7 Å². The van der Waals surface area contributed by atoms with Gasteiger partial charge in [-0.2, -0.15) is 0 Å². The second-order valence-corrected chi connectivity index (χ2v) is 7.54. The summed E-state index contributed by atoms with van der Waals surface area (Å²) in [4.78, 5) is 29.9. The number of piperazine rings is 2. The van der Waals surface area contributed by atoms with Crippen molar-refractivity contribution in [3.05, 3.63) is 47.7 Å². The van der Waals surface area contributed by atoms with E-state index in [1.807, 2.05) is 29.2 Å². The number of aromatic nitrogens is 2. The number of amides is 1. The monoisotopic (exact) mass is 400 g/mol. The fourth-order valence-corrected chi connectivity index (χ4v) is 4.01. The van der Waals surface area contributed by atoms with Crippen molar-refractivity contribution in [3.8, 4) is 0 Å². The first kappa shape index (κ1) is 19.0. The van der Waals surface area contributed by atoms with Gasteiger partial charge in [-0.3, -0.25) is 9.69 Å². The highest BCUT2D eigenvalue weighted by atomic mass is 35.5. The van der Waals surface area contributed by atoms with Crippen LogP contribution >= 0.6 is 11.6 Å². The quantitative estimate of drug-likeness (QED) is 0.777. The van der Waals surface area contributed by atoms with E-state index in [2.05, 4.69) is 30.7 Å². The molecule has 2 saturated heterocycles. The molecule has 2 aliphatic heterocycles. The van der Waals surface area contributed by atoms with E-state index in [9.17, 15) is 4.79 Å². The first-order chi connectivity index (χ1) is 13.7. The Balaban J connectivity index is 1.24. The molecule has 0 spiro atoms. The second kappa shape index (κ2) is 8.75. The summed E-state index contributed by atoms with van der Waals surface area (Å²) in [6.45, 7) is 6.98. The van der Waals surface area contributed by atoms with Crippen LogP contribution in [-0.4, -0.2) is 84.6 Å². The molecule has 2 fully saturated rings. The summed E-state index contributed by atoms with van der Waals surface area (Å²) in [7, 11) is 0. The highest BCUT2D eigenvalue weighted by molar-refractivity contribution is 6.33. The normalized spacial score (nSPS) is 18.4. The van der Waals surface area contributed by atoms with Crippen LogP contribution in [0.5, 0.6) is 0 Å². The number of para-hydroxylation sites is 1. The smallest absolute Gasteiger partial charge is 0.236 e. The molecule has 0 radical (unpaired) electrons. The molecule has 28 heavy (non-hydrogen) atoms. The van der Waals surface area contributed by atoms with Gasteiger partial charge in [-0.1, -0.05) is 23.7 Å². The van der Waals surface area contributed by atoms with E-state index in [0.717, 1.165) is 69.0 Å². The van der Waals surface area contributed by atoms with Gasteiger partial charge in [0.25, 0.3) is 0 Å². The predicted molar refractivity (Wildman–Crippen MR) is 111 cm³/mol. The van der Waals surface area contributed by atoms with E-state index < -0.39 is 0 Å². The maximum atomic E-state index is 12.7. The minimum Gasteiger partial charge on any atom is -0.368 e. The molecule has 0 aliphatic carbocycles. The highest BCUT2D eigenvalue weighted by Crippen LogP contribution is 2.26. The molecule has 4 rings (SSSR count). The molecule has 1 amide bonds. The lowest BCUT2D eigenvalue weighted by molar-refractivity contribution is -0.132. The van der Waals surface area contributed by atoms with Gasteiger partial charge < -0.3 is 14.7 Å². The Morgan fingerprint density at radius 2 is 1.50 bits per heavy atom. The first-order valence-corrected chi connectivity index (χ1v) is 10.1. The summed E-state index contributed by atoms with van der Waals surface area (Å²) in [5.74, 6) is 0.949. The van der Waals surface area contributed by atoms with E-state index in [1.54, 1.807) is 12.4 Å². The second-order valence-electron chi connectivity index (χ2n) is 7.13. The van der Waals surface area contributed by atoms with Gasteiger partial charge in [0.15, 0.2) is 0 Å². The lowest BCUT2D eigenvalue weighted by atomic mass is 10.2. The predicted octanol–water partition coefficient (Wildman–Crippen LogP) is 1.60. The van der Waals surface area contributed by atoms with Crippen molar-refractivity contribution in [1.82, 2.24) is 19.8 Å². The SMILES string of the molecule is O=C(CN1CCN(c2ccccc2Cl)CC1)N1CCN(c2ncccn2)CC1. The third kappa shape index (κ3) is 4.36. The average molecular weight is 401 g/mol. The van der Waals surface area contributed by atoms with Crippen LogP contribution in [0.4, 0.5) is 11.6 Å². The number of carbonyl (C=O) groups is 1. The molecule has 2 aromatic rings. The Bertz CT molecular complexity index is 788. The summed E-state index contributed by atoms with van der Waals surface area (Å²) in [6.07, 6.45) is 3.50. The van der Waals surface area contributed by atoms with Gasteiger partial charge in [0.2, 0.25) is 11.9 Å². The van der Waals surface area contributed by atoms with Crippen molar-refractivity contribution in [2.45, 2.75) is 0 Å². The van der Waals surface area contributed by atoms with Crippen molar-refractivity contribution in [1.29, 1.82) is 0 Å². The number of hydrogen-bond donors (Lipinski definition) is 0. The summed E-state index contributed by atoms with van der Waals surface area (Å²) in [6, 6.07) is 9.75. The lowest BCUT2D eigenvalue weighted by Gasteiger charge is -2.38. The molecule has 0 N–H and O–H groups in total. The molecule has 148 valence electrons. The van der Waals surface area contributed by atoms with E-state index in [1.165, 1.54) is 0 Å². The number of hydrogen-bond acceptors (Lipinski definition) is 6. The Kier molecular flexibility index (Phi) is 5.92. The van der Waals surface area contributed by atoms with Crippen molar-refractivity contribution >= 4 is 29.1 Å². The number of rotatable bonds is 4. The van der Waals surface area contributed by atoms with Crippen LogP contribution < -0.4 is 9.80 Å².